The van der Waals surface area contributed by atoms with Crippen LogP contribution in [0.4, 0.5) is 0 Å². The van der Waals surface area contributed by atoms with Crippen LogP contribution in [0.5, 0.6) is 11.6 Å². The summed E-state index contributed by atoms with van der Waals surface area (Å²) in [5.41, 5.74) is 2.90. The Morgan fingerprint density at radius 2 is 1.70 bits per heavy atom. The first-order valence-corrected chi connectivity index (χ1v) is 9.82. The zero-order valence-corrected chi connectivity index (χ0v) is 17.4. The monoisotopic (exact) mass is 407 g/mol. The average Bonchev–Trinajstić information content (AvgIpc) is 3.24. The van der Waals surface area contributed by atoms with Crippen LogP contribution in [0.3, 0.4) is 0 Å². The number of nitrogens with zero attached hydrogens (tertiary/aromatic N) is 5. The van der Waals surface area contributed by atoms with Gasteiger partial charge >= 0.3 is 0 Å². The van der Waals surface area contributed by atoms with Crippen LogP contribution in [-0.4, -0.2) is 77.9 Å². The van der Waals surface area contributed by atoms with Crippen LogP contribution >= 0.6 is 0 Å². The Morgan fingerprint density at radius 3 is 2.30 bits per heavy atom. The summed E-state index contributed by atoms with van der Waals surface area (Å²) in [5, 5.41) is 4.65. The van der Waals surface area contributed by atoms with Crippen LogP contribution in [0.25, 0.3) is 16.9 Å². The van der Waals surface area contributed by atoms with Gasteiger partial charge in [0, 0.05) is 37.8 Å². The van der Waals surface area contributed by atoms with E-state index in [1.807, 2.05) is 41.3 Å². The van der Waals surface area contributed by atoms with E-state index in [0.717, 1.165) is 35.8 Å². The van der Waals surface area contributed by atoms with Gasteiger partial charge in [-0.2, -0.15) is 5.10 Å². The van der Waals surface area contributed by atoms with Gasteiger partial charge in [0.15, 0.2) is 5.69 Å². The van der Waals surface area contributed by atoms with Gasteiger partial charge in [0.2, 0.25) is 5.88 Å². The van der Waals surface area contributed by atoms with Crippen molar-refractivity contribution in [3.63, 3.8) is 0 Å². The molecule has 0 aliphatic carbocycles. The number of hydrogen-bond acceptors (Lipinski definition) is 6. The largest absolute Gasteiger partial charge is 0.497 e. The molecule has 4 rings (SSSR count). The molecule has 3 heterocycles. The molecule has 1 aromatic carbocycles. The summed E-state index contributed by atoms with van der Waals surface area (Å²) < 4.78 is 12.2. The highest BCUT2D eigenvalue weighted by atomic mass is 16.5. The molecule has 0 spiro atoms. The first kappa shape index (κ1) is 19.9. The lowest BCUT2D eigenvalue weighted by Gasteiger charge is -2.31. The quantitative estimate of drug-likeness (QED) is 0.647. The van der Waals surface area contributed by atoms with Gasteiger partial charge in [0.25, 0.3) is 5.91 Å². The maximum absolute atomic E-state index is 13.1. The molecule has 156 valence electrons. The number of hydrogen-bond donors (Lipinski definition) is 0. The number of aromatic nitrogens is 3. The highest BCUT2D eigenvalue weighted by Gasteiger charge is 2.24. The molecule has 2 aromatic heterocycles. The third-order valence-electron chi connectivity index (χ3n) is 5.28. The zero-order valence-electron chi connectivity index (χ0n) is 17.4. The Kier molecular flexibility index (Phi) is 5.67. The van der Waals surface area contributed by atoms with Crippen LogP contribution in [0.1, 0.15) is 10.5 Å². The minimum atomic E-state index is -0.0573. The van der Waals surface area contributed by atoms with Gasteiger partial charge in [-0.25, -0.2) is 9.67 Å². The number of pyridine rings is 1. The molecule has 3 aromatic rings. The molecule has 0 unspecified atom stereocenters. The molecule has 1 aliphatic heterocycles. The van der Waals surface area contributed by atoms with Crippen LogP contribution in [0, 0.1) is 0 Å². The molecule has 8 heteroatoms. The number of amides is 1. The molecule has 0 N–H and O–H groups in total. The molecule has 30 heavy (non-hydrogen) atoms. The second-order valence-corrected chi connectivity index (χ2v) is 7.21. The second kappa shape index (κ2) is 8.54. The lowest BCUT2D eigenvalue weighted by Crippen LogP contribution is -2.47. The standard InChI is InChI=1S/C22H25N5O3/c1-25-10-12-26(13-11-25)22(28)19-14-20(16-4-7-18(29-2)8-5-16)27(24-19)17-6-9-21(30-3)23-15-17/h4-9,14-15H,10-13H2,1-3H3. The summed E-state index contributed by atoms with van der Waals surface area (Å²) in [6.07, 6.45) is 1.68. The van der Waals surface area contributed by atoms with E-state index in [-0.39, 0.29) is 5.91 Å². The van der Waals surface area contributed by atoms with Gasteiger partial charge in [0.1, 0.15) is 5.75 Å². The summed E-state index contributed by atoms with van der Waals surface area (Å²) in [4.78, 5) is 21.5. The number of carbonyl (C=O) groups excluding carboxylic acids is 1. The van der Waals surface area contributed by atoms with Gasteiger partial charge in [-0.1, -0.05) is 0 Å². The fourth-order valence-electron chi connectivity index (χ4n) is 3.44. The summed E-state index contributed by atoms with van der Waals surface area (Å²) in [7, 11) is 5.27. The van der Waals surface area contributed by atoms with Crippen LogP contribution in [-0.2, 0) is 0 Å². The molecule has 0 bridgehead atoms. The molecule has 1 saturated heterocycles. The number of carbonyl (C=O) groups is 1. The van der Waals surface area contributed by atoms with Gasteiger partial charge in [0.05, 0.1) is 31.8 Å². The fourth-order valence-corrected chi connectivity index (χ4v) is 3.44. The van der Waals surface area contributed by atoms with Gasteiger partial charge in [-0.15, -0.1) is 0 Å². The maximum Gasteiger partial charge on any atom is 0.274 e. The summed E-state index contributed by atoms with van der Waals surface area (Å²) >= 11 is 0. The maximum atomic E-state index is 13.1. The Balaban J connectivity index is 1.73. The van der Waals surface area contributed by atoms with Crippen molar-refractivity contribution in [3.8, 4) is 28.6 Å². The van der Waals surface area contributed by atoms with E-state index >= 15 is 0 Å². The Morgan fingerprint density at radius 1 is 0.967 bits per heavy atom. The van der Waals surface area contributed by atoms with E-state index in [9.17, 15) is 4.79 Å². The number of methoxy groups -OCH3 is 2. The number of piperazine rings is 1. The molecule has 0 saturated carbocycles. The van der Waals surface area contributed by atoms with Crippen molar-refractivity contribution >= 4 is 5.91 Å². The smallest absolute Gasteiger partial charge is 0.274 e. The topological polar surface area (TPSA) is 72.7 Å². The number of benzene rings is 1. The second-order valence-electron chi connectivity index (χ2n) is 7.21. The Labute approximate surface area is 175 Å². The average molecular weight is 407 g/mol. The van der Waals surface area contributed by atoms with E-state index in [4.69, 9.17) is 9.47 Å². The molecule has 0 atom stereocenters. The van der Waals surface area contributed by atoms with Gasteiger partial charge in [-0.3, -0.25) is 4.79 Å². The highest BCUT2D eigenvalue weighted by molar-refractivity contribution is 5.93. The van der Waals surface area contributed by atoms with Crippen LogP contribution < -0.4 is 9.47 Å². The summed E-state index contributed by atoms with van der Waals surface area (Å²) in [6.45, 7) is 3.12. The number of ether oxygens (including phenoxy) is 2. The predicted molar refractivity (Wildman–Crippen MR) is 113 cm³/mol. The fraction of sp³-hybridized carbons (Fsp3) is 0.318. The van der Waals surface area contributed by atoms with Crippen molar-refractivity contribution in [2.45, 2.75) is 0 Å². The number of rotatable bonds is 5. The first-order valence-electron chi connectivity index (χ1n) is 9.82. The first-order chi connectivity index (χ1) is 14.6. The van der Waals surface area contributed by atoms with E-state index in [1.54, 1.807) is 31.2 Å². The SMILES string of the molecule is COc1ccc(-c2cc(C(=O)N3CCN(C)CC3)nn2-c2ccc(OC)nc2)cc1. The van der Waals surface area contributed by atoms with Crippen molar-refractivity contribution in [1.29, 1.82) is 0 Å². The van der Waals surface area contributed by atoms with Crippen molar-refractivity contribution in [2.24, 2.45) is 0 Å². The lowest BCUT2D eigenvalue weighted by atomic mass is 10.1. The molecular formula is C22H25N5O3. The van der Waals surface area contributed by atoms with E-state index in [0.29, 0.717) is 24.7 Å². The van der Waals surface area contributed by atoms with Crippen molar-refractivity contribution in [2.75, 3.05) is 47.4 Å². The highest BCUT2D eigenvalue weighted by Crippen LogP contribution is 2.27. The molecule has 0 radical (unpaired) electrons. The van der Waals surface area contributed by atoms with E-state index < -0.39 is 0 Å². The third-order valence-corrected chi connectivity index (χ3v) is 5.28. The van der Waals surface area contributed by atoms with Crippen LogP contribution in [0.2, 0.25) is 0 Å². The minimum Gasteiger partial charge on any atom is -0.497 e. The van der Waals surface area contributed by atoms with E-state index in [2.05, 4.69) is 22.0 Å². The Bertz CT molecular complexity index is 941. The normalized spacial score (nSPS) is 14.6. The molecule has 1 amide bonds. The van der Waals surface area contributed by atoms with E-state index in [1.165, 1.54) is 0 Å². The van der Waals surface area contributed by atoms with Gasteiger partial charge < -0.3 is 19.3 Å². The van der Waals surface area contributed by atoms with Crippen molar-refractivity contribution in [3.05, 3.63) is 54.4 Å². The molecule has 1 aliphatic rings. The summed E-state index contributed by atoms with van der Waals surface area (Å²) in [5.74, 6) is 1.23. The Hall–Kier alpha value is -3.39. The van der Waals surface area contributed by atoms with Crippen molar-refractivity contribution in [1.82, 2.24) is 24.6 Å². The molecule has 1 fully saturated rings. The zero-order chi connectivity index (χ0) is 21.1. The lowest BCUT2D eigenvalue weighted by molar-refractivity contribution is 0.0657. The predicted octanol–water partition coefficient (Wildman–Crippen LogP) is 2.34. The number of likely N-dealkylation sites (N-methyl/N-ethyl adjacent to an activating group) is 1. The molecule has 8 nitrogen and oxygen atoms in total. The minimum absolute atomic E-state index is 0.0573. The van der Waals surface area contributed by atoms with Gasteiger partial charge in [-0.05, 0) is 43.4 Å². The molecular weight excluding hydrogens is 382 g/mol. The third kappa shape index (κ3) is 3.99. The van der Waals surface area contributed by atoms with Crippen molar-refractivity contribution < 1.29 is 14.3 Å². The summed E-state index contributed by atoms with van der Waals surface area (Å²) in [6, 6.07) is 13.2. The van der Waals surface area contributed by atoms with Crippen LogP contribution in [0.15, 0.2) is 48.7 Å².